The van der Waals surface area contributed by atoms with E-state index in [0.717, 1.165) is 62.8 Å². The Kier molecular flexibility index (Phi) is 8.32. The molecule has 3 heterocycles. The predicted molar refractivity (Wildman–Crippen MR) is 133 cm³/mol. The minimum absolute atomic E-state index is 0.00802. The molecule has 0 saturated carbocycles. The molecular formula is C23H28N4O4S2. The highest BCUT2D eigenvalue weighted by atomic mass is 32.2. The Morgan fingerprint density at radius 3 is 2.45 bits per heavy atom. The second kappa shape index (κ2) is 11.0. The first kappa shape index (κ1) is 25.0. The maximum atomic E-state index is 13.2. The van der Waals surface area contributed by atoms with Gasteiger partial charge in [0.25, 0.3) is 11.5 Å². The second-order valence-electron chi connectivity index (χ2n) is 8.18. The smallest absolute Gasteiger partial charge is 0.305 e. The van der Waals surface area contributed by atoms with E-state index < -0.39 is 5.97 Å². The number of carbonyl (C=O) groups excluding carboxylic acids is 1. The Bertz CT molecular complexity index is 1100. The number of carboxylic acids is 1. The van der Waals surface area contributed by atoms with E-state index in [1.54, 1.807) is 17.6 Å². The van der Waals surface area contributed by atoms with Gasteiger partial charge in [0.15, 0.2) is 0 Å². The van der Waals surface area contributed by atoms with Crippen LogP contribution in [0, 0.1) is 18.3 Å². The van der Waals surface area contributed by atoms with Crippen molar-refractivity contribution < 1.29 is 14.7 Å². The molecule has 0 aromatic carbocycles. The number of pyridine rings is 1. The van der Waals surface area contributed by atoms with E-state index in [0.29, 0.717) is 26.9 Å². The fourth-order valence-corrected chi connectivity index (χ4v) is 5.52. The summed E-state index contributed by atoms with van der Waals surface area (Å²) in [5, 5.41) is 18.7. The molecule has 2 aliphatic rings. The van der Waals surface area contributed by atoms with E-state index in [2.05, 4.69) is 11.0 Å². The van der Waals surface area contributed by atoms with Crippen LogP contribution in [0.25, 0.3) is 6.08 Å². The Balaban J connectivity index is 2.17. The predicted octanol–water partition coefficient (Wildman–Crippen LogP) is 3.49. The van der Waals surface area contributed by atoms with Crippen molar-refractivity contribution in [2.75, 3.05) is 24.5 Å². The molecule has 10 heteroatoms. The van der Waals surface area contributed by atoms with Gasteiger partial charge < -0.3 is 10.0 Å². The van der Waals surface area contributed by atoms with Crippen molar-refractivity contribution in [3.63, 3.8) is 0 Å². The summed E-state index contributed by atoms with van der Waals surface area (Å²) in [6.07, 6.45) is 6.53. The molecule has 1 aromatic heterocycles. The highest BCUT2D eigenvalue weighted by Gasteiger charge is 2.33. The fourth-order valence-electron chi connectivity index (χ4n) is 4.23. The number of aliphatic carboxylic acids is 1. The number of rotatable bonds is 7. The van der Waals surface area contributed by atoms with Crippen molar-refractivity contribution in [1.29, 1.82) is 5.26 Å². The zero-order valence-corrected chi connectivity index (χ0v) is 20.6. The van der Waals surface area contributed by atoms with Gasteiger partial charge >= 0.3 is 5.97 Å². The summed E-state index contributed by atoms with van der Waals surface area (Å²) >= 11 is 6.45. The van der Waals surface area contributed by atoms with E-state index in [-0.39, 0.29) is 30.0 Å². The second-order valence-corrected chi connectivity index (χ2v) is 9.86. The molecule has 0 aliphatic carbocycles. The first-order valence-corrected chi connectivity index (χ1v) is 12.4. The lowest BCUT2D eigenvalue weighted by atomic mass is 10.0. The van der Waals surface area contributed by atoms with Crippen LogP contribution in [0.2, 0.25) is 0 Å². The lowest BCUT2D eigenvalue weighted by Crippen LogP contribution is -2.35. The van der Waals surface area contributed by atoms with Crippen molar-refractivity contribution >= 4 is 52.1 Å². The van der Waals surface area contributed by atoms with E-state index in [9.17, 15) is 19.6 Å². The number of nitrogens with zero attached hydrogens (tertiary/aromatic N) is 4. The Morgan fingerprint density at radius 1 is 1.21 bits per heavy atom. The molecule has 8 nitrogen and oxygen atoms in total. The number of aromatic nitrogens is 1. The first-order valence-electron chi connectivity index (χ1n) is 11.2. The van der Waals surface area contributed by atoms with Crippen LogP contribution in [0.5, 0.6) is 0 Å². The number of anilines is 1. The lowest BCUT2D eigenvalue weighted by molar-refractivity contribution is -0.137. The third kappa shape index (κ3) is 5.31. The van der Waals surface area contributed by atoms with Crippen LogP contribution in [-0.4, -0.2) is 50.4 Å². The van der Waals surface area contributed by atoms with E-state index >= 15 is 0 Å². The summed E-state index contributed by atoms with van der Waals surface area (Å²) in [4.78, 5) is 41.1. The summed E-state index contributed by atoms with van der Waals surface area (Å²) in [6, 6.07) is 2.06. The van der Waals surface area contributed by atoms with Gasteiger partial charge in [-0.2, -0.15) is 5.26 Å². The molecule has 2 saturated heterocycles. The number of carboxylic acid groups (broad SMARTS) is 1. The molecule has 33 heavy (non-hydrogen) atoms. The highest BCUT2D eigenvalue weighted by Crippen LogP contribution is 2.36. The average Bonchev–Trinajstić information content (AvgIpc) is 2.94. The molecule has 0 spiro atoms. The minimum Gasteiger partial charge on any atom is -0.481 e. The van der Waals surface area contributed by atoms with Gasteiger partial charge in [0.2, 0.25) is 0 Å². The number of hydrogen-bond acceptors (Lipinski definition) is 7. The van der Waals surface area contributed by atoms with Crippen LogP contribution < -0.4 is 10.5 Å². The van der Waals surface area contributed by atoms with Gasteiger partial charge in [-0.05, 0) is 37.8 Å². The average molecular weight is 489 g/mol. The Labute approximate surface area is 202 Å². The van der Waals surface area contributed by atoms with Crippen LogP contribution in [0.15, 0.2) is 9.70 Å². The third-order valence-electron chi connectivity index (χ3n) is 5.90. The van der Waals surface area contributed by atoms with Crippen molar-refractivity contribution in [2.45, 2.75) is 58.9 Å². The van der Waals surface area contributed by atoms with Gasteiger partial charge in [-0.3, -0.25) is 23.9 Å². The summed E-state index contributed by atoms with van der Waals surface area (Å²) in [5.41, 5.74) is 1.00. The van der Waals surface area contributed by atoms with Crippen LogP contribution >= 0.6 is 24.0 Å². The third-order valence-corrected chi connectivity index (χ3v) is 7.28. The summed E-state index contributed by atoms with van der Waals surface area (Å²) in [5.74, 6) is -0.604. The monoisotopic (exact) mass is 488 g/mol. The number of thioether (sulfide) groups is 1. The zero-order chi connectivity index (χ0) is 24.1. The Hall–Kier alpha value is -2.64. The normalized spacial score (nSPS) is 18.0. The van der Waals surface area contributed by atoms with E-state index in [1.807, 2.05) is 6.92 Å². The summed E-state index contributed by atoms with van der Waals surface area (Å²) < 4.78 is 1.98. The number of thiocarbonyl (C=S) groups is 1. The maximum absolute atomic E-state index is 13.2. The topological polar surface area (TPSA) is 107 Å². The van der Waals surface area contributed by atoms with Crippen molar-refractivity contribution in [3.05, 3.63) is 31.9 Å². The molecule has 0 bridgehead atoms. The molecular weight excluding hydrogens is 460 g/mol. The number of amides is 1. The standard InChI is InChI=1S/C23H28N4O4S2/c1-3-9-26-20(25-10-6-4-5-7-11-25)16(15(2)17(14-24)21(26)30)13-18-22(31)27(23(32)33-18)12-8-19(28)29/h13H,3-12H2,1-2H3,(H,28,29). The maximum Gasteiger partial charge on any atom is 0.305 e. The number of nitriles is 1. The minimum atomic E-state index is -1.00. The molecule has 0 atom stereocenters. The van der Waals surface area contributed by atoms with Crippen molar-refractivity contribution in [2.24, 2.45) is 0 Å². The lowest BCUT2D eigenvalue weighted by Gasteiger charge is -2.29. The fraction of sp³-hybridized carbons (Fsp3) is 0.522. The van der Waals surface area contributed by atoms with Gasteiger partial charge in [0, 0.05) is 31.7 Å². The van der Waals surface area contributed by atoms with Gasteiger partial charge in [-0.15, -0.1) is 0 Å². The van der Waals surface area contributed by atoms with Crippen molar-refractivity contribution in [3.8, 4) is 6.07 Å². The SMILES string of the molecule is CCCn1c(N2CCCCCC2)c(C=C2SC(=S)N(CCC(=O)O)C2=O)c(C)c(C#N)c1=O. The molecule has 1 N–H and O–H groups in total. The van der Waals surface area contributed by atoms with Crippen molar-refractivity contribution in [1.82, 2.24) is 9.47 Å². The molecule has 1 amide bonds. The summed E-state index contributed by atoms with van der Waals surface area (Å²) in [6.45, 7) is 5.81. The van der Waals surface area contributed by atoms with E-state index in [4.69, 9.17) is 17.3 Å². The first-order chi connectivity index (χ1) is 15.8. The molecule has 0 unspecified atom stereocenters. The zero-order valence-electron chi connectivity index (χ0n) is 18.9. The summed E-state index contributed by atoms with van der Waals surface area (Å²) in [7, 11) is 0. The van der Waals surface area contributed by atoms with Gasteiger partial charge in [-0.1, -0.05) is 43.7 Å². The van der Waals surface area contributed by atoms with Crippen LogP contribution in [0.3, 0.4) is 0 Å². The molecule has 176 valence electrons. The number of hydrogen-bond donors (Lipinski definition) is 1. The Morgan fingerprint density at radius 2 is 1.88 bits per heavy atom. The molecule has 2 fully saturated rings. The van der Waals surface area contributed by atoms with Crippen LogP contribution in [-0.2, 0) is 16.1 Å². The quantitative estimate of drug-likeness (QED) is 0.459. The van der Waals surface area contributed by atoms with E-state index in [1.165, 1.54) is 4.90 Å². The van der Waals surface area contributed by atoms with Gasteiger partial charge in [0.1, 0.15) is 21.8 Å². The molecule has 1 aromatic rings. The van der Waals surface area contributed by atoms with Gasteiger partial charge in [-0.25, -0.2) is 0 Å². The molecule has 2 aliphatic heterocycles. The highest BCUT2D eigenvalue weighted by molar-refractivity contribution is 8.26. The number of carbonyl (C=O) groups is 2. The molecule has 0 radical (unpaired) electrons. The van der Waals surface area contributed by atoms with Crippen LogP contribution in [0.4, 0.5) is 5.82 Å². The molecule has 3 rings (SSSR count). The largest absolute Gasteiger partial charge is 0.481 e. The van der Waals surface area contributed by atoms with Crippen LogP contribution in [0.1, 0.15) is 62.1 Å². The van der Waals surface area contributed by atoms with Gasteiger partial charge in [0.05, 0.1) is 11.3 Å².